The van der Waals surface area contributed by atoms with Crippen LogP contribution >= 0.6 is 11.8 Å². The molecule has 104 valence electrons. The average Bonchev–Trinajstić information content (AvgIpc) is 2.60. The van der Waals surface area contributed by atoms with E-state index >= 15 is 0 Å². The number of nitrogens with one attached hydrogen (secondary N) is 1. The maximum absolute atomic E-state index is 11.8. The molecule has 1 atom stereocenters. The molecule has 6 heteroatoms. The number of carbonyl (C=O) groups is 1. The fourth-order valence-electron chi connectivity index (χ4n) is 2.46. The lowest BCUT2D eigenvalue weighted by molar-refractivity contribution is -0.113. The molecule has 0 bridgehead atoms. The number of thioether (sulfide) groups is 1. The third kappa shape index (κ3) is 2.16. The van der Waals surface area contributed by atoms with Gasteiger partial charge in [0.2, 0.25) is 5.91 Å². The number of rotatable bonds is 1. The zero-order valence-corrected chi connectivity index (χ0v) is 12.1. The molecule has 20 heavy (non-hydrogen) atoms. The van der Waals surface area contributed by atoms with Gasteiger partial charge in [0.1, 0.15) is 11.6 Å². The Balaban J connectivity index is 2.12. The van der Waals surface area contributed by atoms with Crippen LogP contribution in [0.5, 0.6) is 5.75 Å². The first kappa shape index (κ1) is 13.1. The van der Waals surface area contributed by atoms with Crippen LogP contribution in [0, 0.1) is 6.92 Å². The van der Waals surface area contributed by atoms with Crippen molar-refractivity contribution in [1.29, 1.82) is 0 Å². The highest BCUT2D eigenvalue weighted by molar-refractivity contribution is 8.00. The molecule has 0 spiro atoms. The number of aromatic hydroxyl groups is 1. The number of amides is 1. The topological polar surface area (TPSA) is 67.1 Å². The third-order valence-corrected chi connectivity index (χ3v) is 4.64. The van der Waals surface area contributed by atoms with E-state index < -0.39 is 0 Å². The number of fused-ring (bicyclic) bond motifs is 1. The fourth-order valence-corrected chi connectivity index (χ4v) is 3.65. The number of aryl methyl sites for hydroxylation is 2. The maximum Gasteiger partial charge on any atom is 0.235 e. The molecule has 1 amide bonds. The summed E-state index contributed by atoms with van der Waals surface area (Å²) in [5.74, 6) is 1.39. The van der Waals surface area contributed by atoms with Crippen LogP contribution in [0.3, 0.4) is 0 Å². The average molecular weight is 289 g/mol. The van der Waals surface area contributed by atoms with Crippen molar-refractivity contribution in [2.45, 2.75) is 12.2 Å². The number of nitrogens with zero attached hydrogens (tertiary/aromatic N) is 2. The normalized spacial score (nSPS) is 18.3. The summed E-state index contributed by atoms with van der Waals surface area (Å²) in [6.45, 7) is 1.95. The van der Waals surface area contributed by atoms with Gasteiger partial charge in [0.05, 0.1) is 16.7 Å². The molecular weight excluding hydrogens is 274 g/mol. The molecule has 5 nitrogen and oxygen atoms in total. The van der Waals surface area contributed by atoms with Crippen LogP contribution in [-0.4, -0.2) is 26.5 Å². The lowest BCUT2D eigenvalue weighted by Crippen LogP contribution is -2.15. The van der Waals surface area contributed by atoms with E-state index in [4.69, 9.17) is 0 Å². The molecular formula is C14H15N3O2S. The molecule has 0 saturated heterocycles. The Morgan fingerprint density at radius 1 is 1.40 bits per heavy atom. The van der Waals surface area contributed by atoms with E-state index in [2.05, 4.69) is 10.4 Å². The van der Waals surface area contributed by atoms with Crippen molar-refractivity contribution in [3.63, 3.8) is 0 Å². The molecule has 0 aliphatic carbocycles. The molecule has 0 unspecified atom stereocenters. The number of hydrogen-bond acceptors (Lipinski definition) is 4. The van der Waals surface area contributed by atoms with E-state index in [0.717, 1.165) is 22.6 Å². The van der Waals surface area contributed by atoms with Crippen LogP contribution in [0.4, 0.5) is 5.82 Å². The predicted octanol–water partition coefficient (Wildman–Crippen LogP) is 2.21. The molecule has 0 fully saturated rings. The second-order valence-corrected chi connectivity index (χ2v) is 5.90. The minimum absolute atomic E-state index is 0.0134. The van der Waals surface area contributed by atoms with E-state index in [9.17, 15) is 9.90 Å². The van der Waals surface area contributed by atoms with E-state index in [1.807, 2.05) is 26.1 Å². The van der Waals surface area contributed by atoms with Gasteiger partial charge in [-0.1, -0.05) is 12.1 Å². The van der Waals surface area contributed by atoms with Crippen LogP contribution in [0.25, 0.3) is 0 Å². The molecule has 1 aliphatic heterocycles. The minimum Gasteiger partial charge on any atom is -0.508 e. The van der Waals surface area contributed by atoms with Gasteiger partial charge in [-0.15, -0.1) is 11.8 Å². The number of anilines is 1. The summed E-state index contributed by atoms with van der Waals surface area (Å²) in [5, 5.41) is 16.8. The van der Waals surface area contributed by atoms with Gasteiger partial charge in [-0.2, -0.15) is 5.10 Å². The third-order valence-electron chi connectivity index (χ3n) is 3.37. The molecule has 2 heterocycles. The van der Waals surface area contributed by atoms with Crippen LogP contribution in [0.2, 0.25) is 0 Å². The smallest absolute Gasteiger partial charge is 0.235 e. The monoisotopic (exact) mass is 289 g/mol. The van der Waals surface area contributed by atoms with Crippen molar-refractivity contribution < 1.29 is 9.90 Å². The second-order valence-electron chi connectivity index (χ2n) is 4.80. The lowest BCUT2D eigenvalue weighted by atomic mass is 10.0. The number of benzene rings is 1. The quantitative estimate of drug-likeness (QED) is 0.844. The minimum atomic E-state index is -0.0134. The number of carbonyl (C=O) groups excluding carboxylic acids is 1. The Morgan fingerprint density at radius 3 is 2.80 bits per heavy atom. The second kappa shape index (κ2) is 4.86. The molecule has 3 rings (SSSR count). The Labute approximate surface area is 121 Å². The maximum atomic E-state index is 11.8. The molecule has 0 saturated carbocycles. The Morgan fingerprint density at radius 2 is 2.10 bits per heavy atom. The standard InChI is InChI=1S/C14H15N3O2S/c1-8-12-13(9-3-5-10(18)6-4-9)20-7-11(19)15-14(12)17(2)16-8/h3-6,13,18H,7H2,1-2H3,(H,15,19)/t13-/m0/s1. The SMILES string of the molecule is Cc1nn(C)c2c1[C@H](c1ccc(O)cc1)SCC(=O)N2. The molecule has 1 aromatic carbocycles. The van der Waals surface area contributed by atoms with Crippen LogP contribution in [-0.2, 0) is 11.8 Å². The molecule has 2 N–H and O–H groups in total. The van der Waals surface area contributed by atoms with Gasteiger partial charge in [-0.3, -0.25) is 9.48 Å². The van der Waals surface area contributed by atoms with Crippen LogP contribution in [0.15, 0.2) is 24.3 Å². The van der Waals surface area contributed by atoms with E-state index in [1.54, 1.807) is 28.6 Å². The first-order valence-corrected chi connectivity index (χ1v) is 7.35. The summed E-state index contributed by atoms with van der Waals surface area (Å²) < 4.78 is 1.71. The molecule has 1 aliphatic rings. The number of phenols is 1. The summed E-state index contributed by atoms with van der Waals surface area (Å²) in [4.78, 5) is 11.8. The van der Waals surface area contributed by atoms with Gasteiger partial charge in [-0.05, 0) is 24.6 Å². The van der Waals surface area contributed by atoms with Gasteiger partial charge in [0, 0.05) is 12.6 Å². The van der Waals surface area contributed by atoms with Crippen molar-refractivity contribution in [1.82, 2.24) is 9.78 Å². The Hall–Kier alpha value is -1.95. The van der Waals surface area contributed by atoms with Crippen molar-refractivity contribution in [3.05, 3.63) is 41.1 Å². The molecule has 1 aromatic heterocycles. The number of hydrogen-bond donors (Lipinski definition) is 2. The van der Waals surface area contributed by atoms with E-state index in [-0.39, 0.29) is 16.9 Å². The van der Waals surface area contributed by atoms with Gasteiger partial charge in [-0.25, -0.2) is 0 Å². The largest absolute Gasteiger partial charge is 0.508 e. The molecule has 0 radical (unpaired) electrons. The summed E-state index contributed by atoms with van der Waals surface area (Å²) in [7, 11) is 1.83. The summed E-state index contributed by atoms with van der Waals surface area (Å²) in [6.07, 6.45) is 0. The van der Waals surface area contributed by atoms with Gasteiger partial charge < -0.3 is 10.4 Å². The van der Waals surface area contributed by atoms with Crippen molar-refractivity contribution >= 4 is 23.5 Å². The summed E-state index contributed by atoms with van der Waals surface area (Å²) in [6, 6.07) is 7.11. The predicted molar refractivity (Wildman–Crippen MR) is 79.0 cm³/mol. The number of aromatic nitrogens is 2. The zero-order valence-electron chi connectivity index (χ0n) is 11.3. The van der Waals surface area contributed by atoms with Gasteiger partial charge in [0.15, 0.2) is 0 Å². The van der Waals surface area contributed by atoms with E-state index in [1.165, 1.54) is 0 Å². The first-order valence-electron chi connectivity index (χ1n) is 6.30. The van der Waals surface area contributed by atoms with E-state index in [0.29, 0.717) is 5.75 Å². The van der Waals surface area contributed by atoms with Crippen molar-refractivity contribution in [2.24, 2.45) is 7.05 Å². The molecule has 2 aromatic rings. The highest BCUT2D eigenvalue weighted by Crippen LogP contribution is 2.43. The summed E-state index contributed by atoms with van der Waals surface area (Å²) >= 11 is 1.57. The highest BCUT2D eigenvalue weighted by atomic mass is 32.2. The number of phenolic OH excluding ortho intramolecular Hbond substituents is 1. The van der Waals surface area contributed by atoms with Crippen molar-refractivity contribution in [2.75, 3.05) is 11.1 Å². The first-order chi connectivity index (χ1) is 9.56. The zero-order chi connectivity index (χ0) is 14.3. The Bertz CT molecular complexity index is 664. The lowest BCUT2D eigenvalue weighted by Gasteiger charge is -2.15. The van der Waals surface area contributed by atoms with Crippen LogP contribution < -0.4 is 5.32 Å². The van der Waals surface area contributed by atoms with Gasteiger partial charge >= 0.3 is 0 Å². The van der Waals surface area contributed by atoms with Crippen molar-refractivity contribution in [3.8, 4) is 5.75 Å². The fraction of sp³-hybridized carbons (Fsp3) is 0.286. The Kier molecular flexibility index (Phi) is 3.17. The highest BCUT2D eigenvalue weighted by Gasteiger charge is 2.29. The van der Waals surface area contributed by atoms with Crippen LogP contribution in [0.1, 0.15) is 22.1 Å². The summed E-state index contributed by atoms with van der Waals surface area (Å²) in [5.41, 5.74) is 3.01. The van der Waals surface area contributed by atoms with Gasteiger partial charge in [0.25, 0.3) is 0 Å².